The van der Waals surface area contributed by atoms with Gasteiger partial charge in [0.25, 0.3) is 0 Å². The zero-order chi connectivity index (χ0) is 27.4. The molecule has 0 saturated carbocycles. The molecule has 0 atom stereocenters. The molecule has 4 rings (SSSR count). The number of hydrogen-bond acceptors (Lipinski definition) is 7. The number of hydrogen-bond donors (Lipinski definition) is 1. The van der Waals surface area contributed by atoms with Crippen molar-refractivity contribution < 1.29 is 27.4 Å². The van der Waals surface area contributed by atoms with E-state index in [1.165, 1.54) is 19.2 Å². The van der Waals surface area contributed by atoms with Gasteiger partial charge in [-0.3, -0.25) is 4.68 Å². The highest BCUT2D eigenvalue weighted by Gasteiger charge is 2.30. The van der Waals surface area contributed by atoms with Crippen molar-refractivity contribution in [3.05, 3.63) is 59.0 Å². The minimum atomic E-state index is -4.41. The van der Waals surface area contributed by atoms with Crippen molar-refractivity contribution in [2.24, 2.45) is 7.05 Å². The maximum Gasteiger partial charge on any atom is 0.416 e. The molecule has 11 heteroatoms. The van der Waals surface area contributed by atoms with Gasteiger partial charge in [0.15, 0.2) is 23.1 Å². The summed E-state index contributed by atoms with van der Waals surface area (Å²) >= 11 is 0. The van der Waals surface area contributed by atoms with Crippen molar-refractivity contribution in [2.75, 3.05) is 26.6 Å². The molecule has 4 aromatic rings. The molecule has 0 aliphatic carbocycles. The third-order valence-corrected chi connectivity index (χ3v) is 5.84. The molecule has 0 aliphatic rings. The molecular weight excluding hydrogens is 499 g/mol. The quantitative estimate of drug-likeness (QED) is 0.275. The fourth-order valence-electron chi connectivity index (χ4n) is 4.07. The van der Waals surface area contributed by atoms with Gasteiger partial charge in [0.2, 0.25) is 5.75 Å². The number of fused-ring (bicyclic) bond motifs is 1. The van der Waals surface area contributed by atoms with Crippen LogP contribution in [0, 0.1) is 0 Å². The Kier molecular flexibility index (Phi) is 7.75. The number of aromatic nitrogens is 4. The second-order valence-corrected chi connectivity index (χ2v) is 8.44. The summed E-state index contributed by atoms with van der Waals surface area (Å²) in [5.74, 6) is 2.31. The van der Waals surface area contributed by atoms with Crippen LogP contribution in [0.2, 0.25) is 0 Å². The Morgan fingerprint density at radius 3 is 2.16 bits per heavy atom. The monoisotopic (exact) mass is 527 g/mol. The van der Waals surface area contributed by atoms with Crippen molar-refractivity contribution in [3.8, 4) is 17.2 Å². The summed E-state index contributed by atoms with van der Waals surface area (Å²) in [6.07, 6.45) is 0.714. The Morgan fingerprint density at radius 1 is 0.947 bits per heavy atom. The molecule has 0 aliphatic heterocycles. The lowest BCUT2D eigenvalue weighted by Gasteiger charge is -2.13. The molecule has 0 radical (unpaired) electrons. The summed E-state index contributed by atoms with van der Waals surface area (Å²) in [4.78, 5) is 9.40. The first-order valence-electron chi connectivity index (χ1n) is 11.8. The summed E-state index contributed by atoms with van der Waals surface area (Å²) in [7, 11) is 6.40. The molecular formula is C27H28F3N5O3. The van der Waals surface area contributed by atoms with E-state index in [0.717, 1.165) is 29.8 Å². The van der Waals surface area contributed by atoms with E-state index in [2.05, 4.69) is 15.4 Å². The molecule has 0 fully saturated rings. The van der Waals surface area contributed by atoms with Gasteiger partial charge in [-0.1, -0.05) is 19.4 Å². The average Bonchev–Trinajstić information content (AvgIpc) is 3.21. The SMILES string of the molecule is CCCc1nn(C)c2c(Nc3ccc(C(F)(F)F)cc3)nc(/C=C/c3cc(OC)c(OC)c(OC)c3)nc12. The van der Waals surface area contributed by atoms with Gasteiger partial charge < -0.3 is 19.5 Å². The number of halogens is 3. The van der Waals surface area contributed by atoms with Crippen LogP contribution in [-0.4, -0.2) is 41.1 Å². The number of alkyl halides is 3. The highest BCUT2D eigenvalue weighted by atomic mass is 19.4. The van der Waals surface area contributed by atoms with Crippen LogP contribution in [0.5, 0.6) is 17.2 Å². The van der Waals surface area contributed by atoms with E-state index in [-0.39, 0.29) is 0 Å². The Bertz CT molecular complexity index is 1440. The van der Waals surface area contributed by atoms with Crippen molar-refractivity contribution >= 4 is 34.7 Å². The van der Waals surface area contributed by atoms with Gasteiger partial charge in [-0.2, -0.15) is 18.3 Å². The molecule has 200 valence electrons. The number of benzene rings is 2. The van der Waals surface area contributed by atoms with Gasteiger partial charge in [0, 0.05) is 12.7 Å². The van der Waals surface area contributed by atoms with Crippen LogP contribution in [0.3, 0.4) is 0 Å². The fourth-order valence-corrected chi connectivity index (χ4v) is 4.07. The predicted molar refractivity (Wildman–Crippen MR) is 140 cm³/mol. The first kappa shape index (κ1) is 26.8. The van der Waals surface area contributed by atoms with Gasteiger partial charge >= 0.3 is 6.18 Å². The lowest BCUT2D eigenvalue weighted by molar-refractivity contribution is -0.137. The second-order valence-electron chi connectivity index (χ2n) is 8.44. The number of anilines is 2. The van der Waals surface area contributed by atoms with Gasteiger partial charge in [-0.05, 0) is 54.5 Å². The molecule has 2 aromatic carbocycles. The van der Waals surface area contributed by atoms with Crippen LogP contribution in [0.4, 0.5) is 24.7 Å². The molecule has 38 heavy (non-hydrogen) atoms. The highest BCUT2D eigenvalue weighted by molar-refractivity contribution is 5.90. The van der Waals surface area contributed by atoms with Crippen molar-refractivity contribution in [2.45, 2.75) is 25.9 Å². The third-order valence-electron chi connectivity index (χ3n) is 5.84. The maximum atomic E-state index is 13.0. The zero-order valence-electron chi connectivity index (χ0n) is 21.7. The van der Waals surface area contributed by atoms with Gasteiger partial charge in [0.1, 0.15) is 11.0 Å². The Labute approximate surface area is 218 Å². The van der Waals surface area contributed by atoms with E-state index in [0.29, 0.717) is 52.0 Å². The first-order chi connectivity index (χ1) is 18.2. The molecule has 0 amide bonds. The summed E-state index contributed by atoms with van der Waals surface area (Å²) in [6, 6.07) is 8.38. The number of rotatable bonds is 9. The Morgan fingerprint density at radius 2 is 1.61 bits per heavy atom. The number of nitrogens with one attached hydrogen (secondary N) is 1. The molecule has 2 aromatic heterocycles. The molecule has 8 nitrogen and oxygen atoms in total. The summed E-state index contributed by atoms with van der Waals surface area (Å²) in [5, 5.41) is 7.75. The smallest absolute Gasteiger partial charge is 0.416 e. The molecule has 2 heterocycles. The summed E-state index contributed by atoms with van der Waals surface area (Å²) in [5.41, 5.74) is 2.62. The molecule has 0 unspecified atom stereocenters. The third kappa shape index (κ3) is 5.51. The topological polar surface area (TPSA) is 83.3 Å². The standard InChI is InChI=1S/C27H28F3N5O3/c1-6-7-19-23-24(35(2)34-19)26(31-18-11-9-17(10-12-18)27(28,29)30)33-22(32-23)13-8-16-14-20(36-3)25(38-5)21(15-16)37-4/h8-15H,6-7H2,1-5H3,(H,31,32,33)/b13-8+. The normalized spacial score (nSPS) is 11.8. The average molecular weight is 528 g/mol. The predicted octanol–water partition coefficient (Wildman–Crippen LogP) is 6.27. The van der Waals surface area contributed by atoms with Gasteiger partial charge in [-0.25, -0.2) is 9.97 Å². The van der Waals surface area contributed by atoms with E-state index in [4.69, 9.17) is 19.2 Å². The van der Waals surface area contributed by atoms with Crippen LogP contribution in [-0.2, 0) is 19.6 Å². The summed E-state index contributed by atoms with van der Waals surface area (Å²) < 4.78 is 57.0. The van der Waals surface area contributed by atoms with Crippen LogP contribution < -0.4 is 19.5 Å². The maximum absolute atomic E-state index is 13.0. The van der Waals surface area contributed by atoms with Crippen molar-refractivity contribution in [1.82, 2.24) is 19.7 Å². The number of methoxy groups -OCH3 is 3. The molecule has 0 saturated heterocycles. The van der Waals surface area contributed by atoms with Gasteiger partial charge in [-0.15, -0.1) is 0 Å². The lowest BCUT2D eigenvalue weighted by atomic mass is 10.1. The minimum absolute atomic E-state index is 0.394. The van der Waals surface area contributed by atoms with E-state index in [1.807, 2.05) is 13.0 Å². The zero-order valence-corrected chi connectivity index (χ0v) is 21.7. The summed E-state index contributed by atoms with van der Waals surface area (Å²) in [6.45, 7) is 2.05. The Hall–Kier alpha value is -4.28. The van der Waals surface area contributed by atoms with Crippen LogP contribution in [0.25, 0.3) is 23.2 Å². The van der Waals surface area contributed by atoms with E-state index < -0.39 is 11.7 Å². The first-order valence-corrected chi connectivity index (χ1v) is 11.8. The van der Waals surface area contributed by atoms with Crippen molar-refractivity contribution in [3.63, 3.8) is 0 Å². The van der Waals surface area contributed by atoms with E-state index in [1.54, 1.807) is 44.2 Å². The van der Waals surface area contributed by atoms with E-state index in [9.17, 15) is 13.2 Å². The largest absolute Gasteiger partial charge is 0.493 e. The van der Waals surface area contributed by atoms with Gasteiger partial charge in [0.05, 0.1) is 32.6 Å². The number of nitrogens with zero attached hydrogens (tertiary/aromatic N) is 4. The van der Waals surface area contributed by atoms with Crippen molar-refractivity contribution in [1.29, 1.82) is 0 Å². The lowest BCUT2D eigenvalue weighted by Crippen LogP contribution is -2.05. The van der Waals surface area contributed by atoms with Crippen LogP contribution >= 0.6 is 0 Å². The van der Waals surface area contributed by atoms with E-state index >= 15 is 0 Å². The highest BCUT2D eigenvalue weighted by Crippen LogP contribution is 2.39. The minimum Gasteiger partial charge on any atom is -0.493 e. The number of aryl methyl sites for hydroxylation is 2. The fraction of sp³-hybridized carbons (Fsp3) is 0.296. The Balaban J connectivity index is 1.77. The van der Waals surface area contributed by atoms with Crippen LogP contribution in [0.15, 0.2) is 36.4 Å². The van der Waals surface area contributed by atoms with Crippen LogP contribution in [0.1, 0.15) is 36.0 Å². The molecule has 1 N–H and O–H groups in total. The number of ether oxygens (including phenoxy) is 3. The molecule has 0 bridgehead atoms. The second kappa shape index (κ2) is 11.0. The molecule has 0 spiro atoms.